The fraction of sp³-hybridized carbons (Fsp3) is 0.600. The Kier molecular flexibility index (Phi) is 7.37. The summed E-state index contributed by atoms with van der Waals surface area (Å²) in [5.74, 6) is 2.27. The molecule has 5 fully saturated rings. The number of nitriles is 1. The number of fused-ring (bicyclic) bond motifs is 3. The van der Waals surface area contributed by atoms with Crippen LogP contribution in [0, 0.1) is 17.2 Å². The third kappa shape index (κ3) is 5.20. The van der Waals surface area contributed by atoms with Gasteiger partial charge in [0.15, 0.2) is 0 Å². The summed E-state index contributed by atoms with van der Waals surface area (Å²) >= 11 is 0. The number of pyridine rings is 1. The number of nitrogens with one attached hydrogen (secondary N) is 1. The lowest BCUT2D eigenvalue weighted by molar-refractivity contribution is -0.151. The van der Waals surface area contributed by atoms with E-state index in [9.17, 15) is 10.1 Å². The Balaban J connectivity index is 1.01. The van der Waals surface area contributed by atoms with Crippen molar-refractivity contribution in [2.75, 3.05) is 70.5 Å². The number of morpholine rings is 1. The molecule has 0 radical (unpaired) electrons. The SMILES string of the molecule is N#Cc1cnn2c1C(c1ccc(N3CC4CC(C3)N4C(=O)C3CCNCC3)nc1)CC(OCCN1CCOCC1)=C2. The molecule has 3 atom stereocenters. The van der Waals surface area contributed by atoms with Gasteiger partial charge in [0.05, 0.1) is 49.0 Å². The number of hydrogen-bond donors (Lipinski definition) is 1. The molecule has 5 saturated heterocycles. The summed E-state index contributed by atoms with van der Waals surface area (Å²) in [6.45, 7) is 8.42. The smallest absolute Gasteiger partial charge is 0.226 e. The van der Waals surface area contributed by atoms with Crippen molar-refractivity contribution in [1.29, 1.82) is 5.26 Å². The van der Waals surface area contributed by atoms with Crippen LogP contribution in [0.15, 0.2) is 30.3 Å². The molecule has 11 nitrogen and oxygen atoms in total. The van der Waals surface area contributed by atoms with Crippen LogP contribution in [0.2, 0.25) is 0 Å². The van der Waals surface area contributed by atoms with Crippen LogP contribution in [0.25, 0.3) is 6.20 Å². The zero-order chi connectivity index (χ0) is 27.8. The predicted molar refractivity (Wildman–Crippen MR) is 152 cm³/mol. The maximum absolute atomic E-state index is 13.2. The number of piperazine rings is 1. The maximum atomic E-state index is 13.2. The van der Waals surface area contributed by atoms with Gasteiger partial charge in [-0.05, 0) is 44.0 Å². The van der Waals surface area contributed by atoms with E-state index in [2.05, 4.69) is 43.3 Å². The first-order valence-electron chi connectivity index (χ1n) is 15.0. The third-order valence-electron chi connectivity index (χ3n) is 9.39. The number of ether oxygens (including phenoxy) is 2. The number of hydrogen-bond acceptors (Lipinski definition) is 9. The van der Waals surface area contributed by atoms with Crippen LogP contribution in [-0.4, -0.2) is 108 Å². The van der Waals surface area contributed by atoms with E-state index in [1.165, 1.54) is 0 Å². The summed E-state index contributed by atoms with van der Waals surface area (Å²) in [5.41, 5.74) is 2.51. The average molecular weight is 559 g/mol. The molecular formula is C30H38N8O3. The third-order valence-corrected chi connectivity index (χ3v) is 9.39. The number of amides is 1. The minimum Gasteiger partial charge on any atom is -0.495 e. The lowest BCUT2D eigenvalue weighted by atomic mass is 9.84. The standard InChI is InChI=1S/C30H38N8O3/c31-15-23-17-34-37-20-26(41-12-9-35-7-10-40-11-8-35)14-27(29(23)37)22-1-2-28(33-16-22)36-18-24-13-25(19-36)38(24)30(39)21-3-5-32-6-4-21/h1-2,16-17,20-21,24-25,27,32H,3-14,18-19H2. The molecule has 216 valence electrons. The highest BCUT2D eigenvalue weighted by atomic mass is 16.5. The second-order valence-electron chi connectivity index (χ2n) is 11.8. The van der Waals surface area contributed by atoms with Gasteiger partial charge in [0, 0.05) is 57.2 Å². The van der Waals surface area contributed by atoms with Crippen molar-refractivity contribution in [3.05, 3.63) is 47.1 Å². The Morgan fingerprint density at radius 2 is 1.95 bits per heavy atom. The summed E-state index contributed by atoms with van der Waals surface area (Å²) in [6.07, 6.45) is 9.13. The van der Waals surface area contributed by atoms with Crippen LogP contribution < -0.4 is 10.2 Å². The summed E-state index contributed by atoms with van der Waals surface area (Å²) in [7, 11) is 0. The lowest BCUT2D eigenvalue weighted by Crippen LogP contribution is -2.71. The van der Waals surface area contributed by atoms with Gasteiger partial charge in [-0.25, -0.2) is 9.67 Å². The highest BCUT2D eigenvalue weighted by Gasteiger charge is 2.48. The van der Waals surface area contributed by atoms with Crippen molar-refractivity contribution in [3.63, 3.8) is 0 Å². The van der Waals surface area contributed by atoms with Gasteiger partial charge in [-0.2, -0.15) is 10.4 Å². The molecule has 11 heteroatoms. The number of aromatic nitrogens is 3. The molecule has 1 amide bonds. The monoisotopic (exact) mass is 558 g/mol. The number of carbonyl (C=O) groups excluding carboxylic acids is 1. The molecule has 8 heterocycles. The lowest BCUT2D eigenvalue weighted by Gasteiger charge is -2.57. The molecule has 1 N–H and O–H groups in total. The first kappa shape index (κ1) is 26.4. The number of piperidine rings is 2. The second-order valence-corrected chi connectivity index (χ2v) is 11.8. The summed E-state index contributed by atoms with van der Waals surface area (Å²) in [5, 5.41) is 17.6. The van der Waals surface area contributed by atoms with Gasteiger partial charge in [-0.15, -0.1) is 0 Å². The molecule has 6 aliphatic heterocycles. The number of nitrogens with zero attached hydrogens (tertiary/aromatic N) is 7. The number of carbonyl (C=O) groups is 1. The van der Waals surface area contributed by atoms with E-state index < -0.39 is 0 Å². The van der Waals surface area contributed by atoms with E-state index in [1.807, 2.05) is 12.4 Å². The molecule has 0 saturated carbocycles. The molecule has 2 aromatic heterocycles. The van der Waals surface area contributed by atoms with E-state index in [0.717, 1.165) is 101 Å². The van der Waals surface area contributed by atoms with Crippen molar-refractivity contribution in [1.82, 2.24) is 29.9 Å². The van der Waals surface area contributed by atoms with E-state index in [4.69, 9.17) is 14.5 Å². The molecular weight excluding hydrogens is 520 g/mol. The maximum Gasteiger partial charge on any atom is 0.226 e. The zero-order valence-corrected chi connectivity index (χ0v) is 23.5. The molecule has 8 rings (SSSR count). The van der Waals surface area contributed by atoms with Gasteiger partial charge in [0.1, 0.15) is 24.3 Å². The van der Waals surface area contributed by atoms with Crippen LogP contribution in [0.1, 0.15) is 48.4 Å². The molecule has 0 spiro atoms. The highest BCUT2D eigenvalue weighted by Crippen LogP contribution is 2.39. The van der Waals surface area contributed by atoms with E-state index >= 15 is 0 Å². The summed E-state index contributed by atoms with van der Waals surface area (Å²) in [6, 6.07) is 7.09. The average Bonchev–Trinajstić information content (AvgIpc) is 3.45. The Morgan fingerprint density at radius 1 is 1.15 bits per heavy atom. The van der Waals surface area contributed by atoms with Crippen LogP contribution in [0.5, 0.6) is 0 Å². The molecule has 2 bridgehead atoms. The molecule has 3 unspecified atom stereocenters. The Labute approximate surface area is 240 Å². The van der Waals surface area contributed by atoms with Gasteiger partial charge in [0.25, 0.3) is 0 Å². The fourth-order valence-corrected chi connectivity index (χ4v) is 7.12. The second kappa shape index (κ2) is 11.4. The van der Waals surface area contributed by atoms with Crippen LogP contribution >= 0.6 is 0 Å². The summed E-state index contributed by atoms with van der Waals surface area (Å²) < 4.78 is 13.4. The normalized spacial score (nSPS) is 26.5. The molecule has 6 aliphatic rings. The van der Waals surface area contributed by atoms with Gasteiger partial charge in [-0.1, -0.05) is 6.07 Å². The minimum atomic E-state index is -0.0649. The van der Waals surface area contributed by atoms with Crippen LogP contribution in [-0.2, 0) is 14.3 Å². The van der Waals surface area contributed by atoms with E-state index in [-0.39, 0.29) is 23.9 Å². The Hall–Kier alpha value is -3.46. The molecule has 41 heavy (non-hydrogen) atoms. The van der Waals surface area contributed by atoms with Gasteiger partial charge >= 0.3 is 0 Å². The van der Waals surface area contributed by atoms with Crippen molar-refractivity contribution in [2.24, 2.45) is 5.92 Å². The molecule has 0 aromatic carbocycles. The molecule has 2 aromatic rings. The van der Waals surface area contributed by atoms with Crippen LogP contribution in [0.3, 0.4) is 0 Å². The topological polar surface area (TPSA) is 112 Å². The van der Waals surface area contributed by atoms with Crippen molar-refractivity contribution in [3.8, 4) is 6.07 Å². The summed E-state index contributed by atoms with van der Waals surface area (Å²) in [4.78, 5) is 24.9. The Morgan fingerprint density at radius 3 is 2.68 bits per heavy atom. The molecule has 0 aliphatic carbocycles. The Bertz CT molecular complexity index is 1310. The number of anilines is 1. The fourth-order valence-electron chi connectivity index (χ4n) is 7.12. The zero-order valence-electron chi connectivity index (χ0n) is 23.5. The van der Waals surface area contributed by atoms with Gasteiger partial charge in [0.2, 0.25) is 5.91 Å². The highest BCUT2D eigenvalue weighted by molar-refractivity contribution is 5.81. The van der Waals surface area contributed by atoms with Gasteiger partial charge < -0.3 is 24.6 Å². The minimum absolute atomic E-state index is 0.0649. The number of allylic oxidation sites excluding steroid dienone is 1. The first-order chi connectivity index (χ1) is 20.2. The van der Waals surface area contributed by atoms with Crippen molar-refractivity contribution >= 4 is 17.9 Å². The number of rotatable bonds is 7. The predicted octanol–water partition coefficient (Wildman–Crippen LogP) is 1.62. The van der Waals surface area contributed by atoms with Crippen LogP contribution in [0.4, 0.5) is 5.82 Å². The van der Waals surface area contributed by atoms with E-state index in [1.54, 1.807) is 10.9 Å². The van der Waals surface area contributed by atoms with Crippen molar-refractivity contribution < 1.29 is 14.3 Å². The largest absolute Gasteiger partial charge is 0.495 e. The van der Waals surface area contributed by atoms with Crippen molar-refractivity contribution in [2.45, 2.75) is 43.7 Å². The first-order valence-corrected chi connectivity index (χ1v) is 15.0. The van der Waals surface area contributed by atoms with E-state index in [0.29, 0.717) is 24.5 Å². The quantitative estimate of drug-likeness (QED) is 0.542. The van der Waals surface area contributed by atoms with Gasteiger partial charge in [-0.3, -0.25) is 9.69 Å².